The van der Waals surface area contributed by atoms with Crippen LogP contribution in [0.25, 0.3) is 0 Å². The second-order valence-electron chi connectivity index (χ2n) is 6.90. The van der Waals surface area contributed by atoms with E-state index >= 15 is 0 Å². The SMILES string of the molecule is CCC[NH+]1CCc2c(sc(NC(=O)CSc3ccc(C)cc3)c2C(N)=O)C1. The summed E-state index contributed by atoms with van der Waals surface area (Å²) in [5.41, 5.74) is 8.38. The molecule has 3 rings (SSSR count). The van der Waals surface area contributed by atoms with Crippen molar-refractivity contribution in [3.05, 3.63) is 45.8 Å². The lowest BCUT2D eigenvalue weighted by Crippen LogP contribution is -3.11. The van der Waals surface area contributed by atoms with Crippen LogP contribution in [0, 0.1) is 6.92 Å². The van der Waals surface area contributed by atoms with E-state index in [1.54, 1.807) is 0 Å². The van der Waals surface area contributed by atoms with Crippen molar-refractivity contribution >= 4 is 39.9 Å². The Kier molecular flexibility index (Phi) is 6.57. The Morgan fingerprint density at radius 1 is 1.30 bits per heavy atom. The second-order valence-corrected chi connectivity index (χ2v) is 9.05. The predicted octanol–water partition coefficient (Wildman–Crippen LogP) is 2.24. The third kappa shape index (κ3) is 4.91. The first kappa shape index (κ1) is 19.9. The summed E-state index contributed by atoms with van der Waals surface area (Å²) < 4.78 is 0. The van der Waals surface area contributed by atoms with Gasteiger partial charge in [-0.2, -0.15) is 0 Å². The highest BCUT2D eigenvalue weighted by atomic mass is 32.2. The molecule has 27 heavy (non-hydrogen) atoms. The third-order valence-electron chi connectivity index (χ3n) is 4.72. The van der Waals surface area contributed by atoms with Crippen molar-refractivity contribution < 1.29 is 14.5 Å². The molecule has 0 saturated carbocycles. The van der Waals surface area contributed by atoms with Gasteiger partial charge in [-0.05, 0) is 31.0 Å². The molecular formula is C20H26N3O2S2+. The molecule has 0 radical (unpaired) electrons. The Hall–Kier alpha value is -1.83. The number of carbonyl (C=O) groups excluding carboxylic acids is 2. The van der Waals surface area contributed by atoms with Crippen LogP contribution in [0.5, 0.6) is 0 Å². The zero-order valence-corrected chi connectivity index (χ0v) is 17.4. The molecule has 0 fully saturated rings. The zero-order chi connectivity index (χ0) is 19.4. The van der Waals surface area contributed by atoms with E-state index in [0.717, 1.165) is 42.9 Å². The van der Waals surface area contributed by atoms with Gasteiger partial charge in [-0.3, -0.25) is 9.59 Å². The minimum Gasteiger partial charge on any atom is -0.365 e. The Morgan fingerprint density at radius 2 is 2.04 bits per heavy atom. The molecule has 1 aromatic heterocycles. The quantitative estimate of drug-likeness (QED) is 0.620. The van der Waals surface area contributed by atoms with Crippen molar-refractivity contribution in [2.24, 2.45) is 5.73 Å². The monoisotopic (exact) mass is 404 g/mol. The molecule has 144 valence electrons. The van der Waals surface area contributed by atoms with Crippen LogP contribution in [0.1, 0.15) is 39.7 Å². The molecule has 2 amide bonds. The van der Waals surface area contributed by atoms with E-state index in [2.05, 4.69) is 12.2 Å². The summed E-state index contributed by atoms with van der Waals surface area (Å²) in [7, 11) is 0. The summed E-state index contributed by atoms with van der Waals surface area (Å²) >= 11 is 2.99. The fourth-order valence-electron chi connectivity index (χ4n) is 3.40. The van der Waals surface area contributed by atoms with Gasteiger partial charge in [0, 0.05) is 11.3 Å². The number of thioether (sulfide) groups is 1. The zero-order valence-electron chi connectivity index (χ0n) is 15.8. The number of amides is 2. The third-order valence-corrected chi connectivity index (χ3v) is 6.88. The summed E-state index contributed by atoms with van der Waals surface area (Å²) in [6.45, 7) is 7.26. The number of hydrogen-bond acceptors (Lipinski definition) is 4. The van der Waals surface area contributed by atoms with Crippen molar-refractivity contribution in [2.45, 2.75) is 38.1 Å². The van der Waals surface area contributed by atoms with E-state index < -0.39 is 5.91 Å². The summed E-state index contributed by atoms with van der Waals surface area (Å²) in [6.07, 6.45) is 1.98. The molecule has 4 N–H and O–H groups in total. The van der Waals surface area contributed by atoms with Crippen LogP contribution in [0.3, 0.4) is 0 Å². The maximum atomic E-state index is 12.4. The van der Waals surface area contributed by atoms with Gasteiger partial charge in [0.05, 0.1) is 29.3 Å². The molecule has 1 aliphatic rings. The van der Waals surface area contributed by atoms with Crippen molar-refractivity contribution in [2.75, 3.05) is 24.2 Å². The molecule has 0 spiro atoms. The van der Waals surface area contributed by atoms with Crippen LogP contribution in [0.15, 0.2) is 29.2 Å². The molecule has 2 aromatic rings. The van der Waals surface area contributed by atoms with Crippen molar-refractivity contribution in [3.8, 4) is 0 Å². The maximum Gasteiger partial charge on any atom is 0.252 e. The highest BCUT2D eigenvalue weighted by Crippen LogP contribution is 2.34. The van der Waals surface area contributed by atoms with E-state index in [9.17, 15) is 9.59 Å². The maximum absolute atomic E-state index is 12.4. The number of benzene rings is 1. The fourth-order valence-corrected chi connectivity index (χ4v) is 5.44. The van der Waals surface area contributed by atoms with Crippen molar-refractivity contribution in [1.82, 2.24) is 0 Å². The van der Waals surface area contributed by atoms with Crippen molar-refractivity contribution in [1.29, 1.82) is 0 Å². The predicted molar refractivity (Wildman–Crippen MR) is 112 cm³/mol. The number of nitrogens with one attached hydrogen (secondary N) is 2. The number of carbonyl (C=O) groups is 2. The van der Waals surface area contributed by atoms with Crippen LogP contribution in [-0.4, -0.2) is 30.7 Å². The van der Waals surface area contributed by atoms with E-state index in [4.69, 9.17) is 5.73 Å². The fraction of sp³-hybridized carbons (Fsp3) is 0.400. The van der Waals surface area contributed by atoms with Gasteiger partial charge in [-0.15, -0.1) is 23.1 Å². The Balaban J connectivity index is 1.69. The van der Waals surface area contributed by atoms with E-state index in [0.29, 0.717) is 16.3 Å². The number of hydrogen-bond donors (Lipinski definition) is 3. The smallest absolute Gasteiger partial charge is 0.252 e. The molecule has 5 nitrogen and oxygen atoms in total. The molecule has 2 heterocycles. The molecule has 7 heteroatoms. The molecule has 1 aromatic carbocycles. The lowest BCUT2D eigenvalue weighted by atomic mass is 10.0. The van der Waals surface area contributed by atoms with Crippen LogP contribution in [0.2, 0.25) is 0 Å². The lowest BCUT2D eigenvalue weighted by Gasteiger charge is -2.23. The summed E-state index contributed by atoms with van der Waals surface area (Å²) in [5.74, 6) is -0.260. The first-order valence-corrected chi connectivity index (χ1v) is 11.0. The average molecular weight is 405 g/mol. The number of thiophene rings is 1. The number of rotatable bonds is 7. The van der Waals surface area contributed by atoms with Gasteiger partial charge in [0.2, 0.25) is 5.91 Å². The van der Waals surface area contributed by atoms with Gasteiger partial charge in [0.25, 0.3) is 5.91 Å². The molecule has 0 bridgehead atoms. The van der Waals surface area contributed by atoms with Gasteiger partial charge >= 0.3 is 0 Å². The van der Waals surface area contributed by atoms with Crippen molar-refractivity contribution in [3.63, 3.8) is 0 Å². The van der Waals surface area contributed by atoms with E-state index in [1.165, 1.54) is 38.4 Å². The number of fused-ring (bicyclic) bond motifs is 1. The Morgan fingerprint density at radius 3 is 2.70 bits per heavy atom. The van der Waals surface area contributed by atoms with Gasteiger partial charge in [-0.25, -0.2) is 0 Å². The molecule has 0 aliphatic carbocycles. The van der Waals surface area contributed by atoms with Gasteiger partial charge in [-0.1, -0.05) is 24.6 Å². The van der Waals surface area contributed by atoms with Crippen LogP contribution in [0.4, 0.5) is 5.00 Å². The van der Waals surface area contributed by atoms with E-state index in [1.807, 2.05) is 31.2 Å². The molecule has 0 saturated heterocycles. The topological polar surface area (TPSA) is 76.6 Å². The highest BCUT2D eigenvalue weighted by molar-refractivity contribution is 8.00. The standard InChI is InChI=1S/C20H25N3O2S2/c1-3-9-23-10-8-15-16(11-23)27-20(18(15)19(21)25)22-17(24)12-26-14-6-4-13(2)5-7-14/h4-7H,3,8-12H2,1-2H3,(H2,21,25)(H,22,24)/p+1. The number of anilines is 1. The minimum absolute atomic E-state index is 0.112. The molecular weight excluding hydrogens is 378 g/mol. The van der Waals surface area contributed by atoms with Gasteiger partial charge < -0.3 is 16.0 Å². The lowest BCUT2D eigenvalue weighted by molar-refractivity contribution is -0.915. The van der Waals surface area contributed by atoms with E-state index in [-0.39, 0.29) is 5.91 Å². The van der Waals surface area contributed by atoms with Crippen LogP contribution < -0.4 is 16.0 Å². The number of primary amides is 1. The summed E-state index contributed by atoms with van der Waals surface area (Å²) in [4.78, 5) is 28.2. The summed E-state index contributed by atoms with van der Waals surface area (Å²) in [5, 5.41) is 3.54. The molecule has 1 atom stereocenters. The first-order valence-electron chi connectivity index (χ1n) is 9.25. The number of aryl methyl sites for hydroxylation is 1. The van der Waals surface area contributed by atoms with Crippen LogP contribution in [-0.2, 0) is 17.8 Å². The largest absolute Gasteiger partial charge is 0.365 e. The number of nitrogens with two attached hydrogens (primary N) is 1. The highest BCUT2D eigenvalue weighted by Gasteiger charge is 2.29. The molecule has 1 aliphatic heterocycles. The number of quaternary nitrogens is 1. The average Bonchev–Trinajstić information content (AvgIpc) is 2.98. The molecule has 1 unspecified atom stereocenters. The Labute approximate surface area is 168 Å². The van der Waals surface area contributed by atoms with Crippen LogP contribution >= 0.6 is 23.1 Å². The minimum atomic E-state index is -0.451. The van der Waals surface area contributed by atoms with Gasteiger partial charge in [0.15, 0.2) is 0 Å². The second kappa shape index (κ2) is 8.91. The first-order chi connectivity index (χ1) is 13.0. The Bertz CT molecular complexity index is 830. The normalized spacial score (nSPS) is 16.0. The van der Waals surface area contributed by atoms with Gasteiger partial charge in [0.1, 0.15) is 11.5 Å². The summed E-state index contributed by atoms with van der Waals surface area (Å²) in [6, 6.07) is 8.08.